The van der Waals surface area contributed by atoms with E-state index in [0.29, 0.717) is 26.2 Å². The SMILES string of the molecule is CC(C)[C@H](N)C(=O)N1CCCN(CC(F)F)CC1. The quantitative estimate of drug-likeness (QED) is 0.815. The summed E-state index contributed by atoms with van der Waals surface area (Å²) in [6.45, 7) is 5.82. The lowest BCUT2D eigenvalue weighted by molar-refractivity contribution is -0.133. The molecule has 0 aromatic rings. The molecule has 0 unspecified atom stereocenters. The molecule has 1 aliphatic heterocycles. The third kappa shape index (κ3) is 4.49. The first-order chi connectivity index (χ1) is 8.41. The molecule has 0 aromatic carbocycles. The molecule has 2 N–H and O–H groups in total. The van der Waals surface area contributed by atoms with Crippen LogP contribution in [-0.4, -0.2) is 60.9 Å². The van der Waals surface area contributed by atoms with Gasteiger partial charge in [-0.25, -0.2) is 8.78 Å². The predicted octanol–water partition coefficient (Wildman–Crippen LogP) is 0.769. The number of rotatable bonds is 4. The molecule has 0 aliphatic carbocycles. The Hall–Kier alpha value is -0.750. The van der Waals surface area contributed by atoms with Gasteiger partial charge in [-0.1, -0.05) is 13.8 Å². The van der Waals surface area contributed by atoms with Crippen molar-refractivity contribution in [1.82, 2.24) is 9.80 Å². The Morgan fingerprint density at radius 2 is 1.89 bits per heavy atom. The zero-order valence-electron chi connectivity index (χ0n) is 11.1. The van der Waals surface area contributed by atoms with Crippen molar-refractivity contribution in [2.24, 2.45) is 11.7 Å². The van der Waals surface area contributed by atoms with Crippen molar-refractivity contribution in [3.05, 3.63) is 0 Å². The van der Waals surface area contributed by atoms with Crippen LogP contribution in [0.15, 0.2) is 0 Å². The topological polar surface area (TPSA) is 49.6 Å². The lowest BCUT2D eigenvalue weighted by atomic mass is 10.0. The van der Waals surface area contributed by atoms with Gasteiger partial charge in [0.15, 0.2) is 0 Å². The Kier molecular flexibility index (Phi) is 5.95. The molecule has 0 saturated carbocycles. The standard InChI is InChI=1S/C12H23F2N3O/c1-9(2)11(15)12(18)17-5-3-4-16(6-7-17)8-10(13)14/h9-11H,3-8,15H2,1-2H3/t11-/m0/s1. The molecule has 0 bridgehead atoms. The van der Waals surface area contributed by atoms with E-state index in [2.05, 4.69) is 0 Å². The first kappa shape index (κ1) is 15.3. The third-order valence-electron chi connectivity index (χ3n) is 3.30. The van der Waals surface area contributed by atoms with Crippen LogP contribution in [0.1, 0.15) is 20.3 Å². The number of carbonyl (C=O) groups is 1. The number of nitrogens with zero attached hydrogens (tertiary/aromatic N) is 2. The van der Waals surface area contributed by atoms with Crippen LogP contribution in [-0.2, 0) is 4.79 Å². The average molecular weight is 263 g/mol. The molecule has 1 heterocycles. The molecule has 1 aliphatic rings. The fourth-order valence-electron chi connectivity index (χ4n) is 2.07. The van der Waals surface area contributed by atoms with Crippen LogP contribution in [0.2, 0.25) is 0 Å². The highest BCUT2D eigenvalue weighted by molar-refractivity contribution is 5.81. The maximum Gasteiger partial charge on any atom is 0.251 e. The Balaban J connectivity index is 2.48. The highest BCUT2D eigenvalue weighted by Crippen LogP contribution is 2.09. The molecule has 1 amide bonds. The molecule has 106 valence electrons. The second kappa shape index (κ2) is 6.99. The van der Waals surface area contributed by atoms with Crippen molar-refractivity contribution in [2.45, 2.75) is 32.7 Å². The van der Waals surface area contributed by atoms with Gasteiger partial charge < -0.3 is 10.6 Å². The van der Waals surface area contributed by atoms with E-state index in [1.807, 2.05) is 13.8 Å². The number of nitrogens with two attached hydrogens (primary N) is 1. The number of alkyl halides is 2. The normalized spacial score (nSPS) is 20.3. The van der Waals surface area contributed by atoms with Crippen molar-refractivity contribution < 1.29 is 13.6 Å². The number of hydrogen-bond donors (Lipinski definition) is 1. The summed E-state index contributed by atoms with van der Waals surface area (Å²) in [6.07, 6.45) is -1.59. The van der Waals surface area contributed by atoms with E-state index in [-0.39, 0.29) is 18.4 Å². The number of carbonyl (C=O) groups excluding carboxylic acids is 1. The lowest BCUT2D eigenvalue weighted by Crippen LogP contribution is -2.47. The molecular formula is C12H23F2N3O. The number of amides is 1. The highest BCUT2D eigenvalue weighted by atomic mass is 19.3. The van der Waals surface area contributed by atoms with Gasteiger partial charge in [-0.2, -0.15) is 0 Å². The number of hydrogen-bond acceptors (Lipinski definition) is 3. The van der Waals surface area contributed by atoms with Gasteiger partial charge in [0.05, 0.1) is 12.6 Å². The Morgan fingerprint density at radius 3 is 2.44 bits per heavy atom. The summed E-state index contributed by atoms with van der Waals surface area (Å²) in [6, 6.07) is -0.494. The summed E-state index contributed by atoms with van der Waals surface area (Å²) in [4.78, 5) is 15.5. The van der Waals surface area contributed by atoms with Crippen LogP contribution in [0.5, 0.6) is 0 Å². The van der Waals surface area contributed by atoms with Gasteiger partial charge in [0.25, 0.3) is 6.43 Å². The molecule has 4 nitrogen and oxygen atoms in total. The van der Waals surface area contributed by atoms with Crippen molar-refractivity contribution >= 4 is 5.91 Å². The summed E-state index contributed by atoms with van der Waals surface area (Å²) in [7, 11) is 0. The van der Waals surface area contributed by atoms with Crippen LogP contribution in [0.4, 0.5) is 8.78 Å². The zero-order valence-corrected chi connectivity index (χ0v) is 11.1. The second-order valence-electron chi connectivity index (χ2n) is 5.14. The van der Waals surface area contributed by atoms with Gasteiger partial charge in [-0.3, -0.25) is 9.69 Å². The van der Waals surface area contributed by atoms with Gasteiger partial charge >= 0.3 is 0 Å². The minimum absolute atomic E-state index is 0.0658. The molecule has 1 rings (SSSR count). The first-order valence-electron chi connectivity index (χ1n) is 6.46. The first-order valence-corrected chi connectivity index (χ1v) is 6.46. The summed E-state index contributed by atoms with van der Waals surface area (Å²) in [5.41, 5.74) is 5.83. The van der Waals surface area contributed by atoms with E-state index in [4.69, 9.17) is 5.73 Å². The summed E-state index contributed by atoms with van der Waals surface area (Å²) in [5.74, 6) is 0.0295. The van der Waals surface area contributed by atoms with Crippen molar-refractivity contribution in [3.8, 4) is 0 Å². The van der Waals surface area contributed by atoms with Gasteiger partial charge in [0.2, 0.25) is 5.91 Å². The van der Waals surface area contributed by atoms with Crippen LogP contribution in [0, 0.1) is 5.92 Å². The maximum atomic E-state index is 12.3. The molecule has 0 spiro atoms. The largest absolute Gasteiger partial charge is 0.340 e. The maximum absolute atomic E-state index is 12.3. The van der Waals surface area contributed by atoms with Crippen LogP contribution < -0.4 is 5.73 Å². The fourth-order valence-corrected chi connectivity index (χ4v) is 2.07. The second-order valence-corrected chi connectivity index (χ2v) is 5.14. The zero-order chi connectivity index (χ0) is 13.7. The van der Waals surface area contributed by atoms with Crippen LogP contribution >= 0.6 is 0 Å². The van der Waals surface area contributed by atoms with E-state index >= 15 is 0 Å². The third-order valence-corrected chi connectivity index (χ3v) is 3.30. The minimum atomic E-state index is -2.31. The molecule has 6 heteroatoms. The number of halogens is 2. The fraction of sp³-hybridized carbons (Fsp3) is 0.917. The van der Waals surface area contributed by atoms with Gasteiger partial charge in [-0.05, 0) is 12.3 Å². The molecular weight excluding hydrogens is 240 g/mol. The molecule has 0 radical (unpaired) electrons. The van der Waals surface area contributed by atoms with Crippen LogP contribution in [0.3, 0.4) is 0 Å². The molecule has 1 saturated heterocycles. The highest BCUT2D eigenvalue weighted by Gasteiger charge is 2.26. The van der Waals surface area contributed by atoms with Crippen molar-refractivity contribution in [1.29, 1.82) is 0 Å². The van der Waals surface area contributed by atoms with E-state index < -0.39 is 12.5 Å². The van der Waals surface area contributed by atoms with Crippen molar-refractivity contribution in [3.63, 3.8) is 0 Å². The summed E-state index contributed by atoms with van der Waals surface area (Å²) in [5, 5.41) is 0. The van der Waals surface area contributed by atoms with E-state index in [9.17, 15) is 13.6 Å². The van der Waals surface area contributed by atoms with Gasteiger partial charge in [0.1, 0.15) is 0 Å². The Labute approximate surface area is 107 Å². The van der Waals surface area contributed by atoms with Gasteiger partial charge in [0, 0.05) is 26.2 Å². The Morgan fingerprint density at radius 1 is 1.22 bits per heavy atom. The molecule has 1 atom stereocenters. The summed E-state index contributed by atoms with van der Waals surface area (Å²) >= 11 is 0. The summed E-state index contributed by atoms with van der Waals surface area (Å²) < 4.78 is 24.6. The Bertz CT molecular complexity index is 274. The van der Waals surface area contributed by atoms with Crippen molar-refractivity contribution in [2.75, 3.05) is 32.7 Å². The molecule has 0 aromatic heterocycles. The molecule has 18 heavy (non-hydrogen) atoms. The molecule has 1 fully saturated rings. The lowest BCUT2D eigenvalue weighted by Gasteiger charge is -2.26. The van der Waals surface area contributed by atoms with E-state index in [0.717, 1.165) is 6.42 Å². The average Bonchev–Trinajstić information content (AvgIpc) is 2.51. The van der Waals surface area contributed by atoms with E-state index in [1.165, 1.54) is 0 Å². The minimum Gasteiger partial charge on any atom is -0.340 e. The monoisotopic (exact) mass is 263 g/mol. The smallest absolute Gasteiger partial charge is 0.251 e. The van der Waals surface area contributed by atoms with Crippen LogP contribution in [0.25, 0.3) is 0 Å². The van der Waals surface area contributed by atoms with Gasteiger partial charge in [-0.15, -0.1) is 0 Å². The predicted molar refractivity (Wildman–Crippen MR) is 66.5 cm³/mol. The van der Waals surface area contributed by atoms with E-state index in [1.54, 1.807) is 9.80 Å².